The Morgan fingerprint density at radius 1 is 0.857 bits per heavy atom. The number of nitrogens with zero attached hydrogens (tertiary/aromatic N) is 1. The summed E-state index contributed by atoms with van der Waals surface area (Å²) >= 11 is 18.4. The first-order valence-corrected chi connectivity index (χ1v) is 11.8. The molecule has 0 saturated heterocycles. The fourth-order valence-corrected chi connectivity index (χ4v) is 4.13. The molecule has 6 nitrogen and oxygen atoms in total. The Morgan fingerprint density at radius 2 is 1.54 bits per heavy atom. The molecule has 1 aliphatic rings. The van der Waals surface area contributed by atoms with E-state index >= 15 is 0 Å². The highest BCUT2D eigenvalue weighted by atomic mass is 35.5. The maximum absolute atomic E-state index is 13.0. The van der Waals surface area contributed by atoms with Crippen molar-refractivity contribution in [1.82, 2.24) is 0 Å². The van der Waals surface area contributed by atoms with Crippen LogP contribution in [0.4, 0.5) is 17.1 Å². The summed E-state index contributed by atoms with van der Waals surface area (Å²) in [6, 6.07) is 18.7. The van der Waals surface area contributed by atoms with E-state index in [-0.39, 0.29) is 32.4 Å². The Labute approximate surface area is 217 Å². The van der Waals surface area contributed by atoms with Gasteiger partial charge in [-0.15, -0.1) is 0 Å². The van der Waals surface area contributed by atoms with Gasteiger partial charge in [0.15, 0.2) is 0 Å². The smallest absolute Gasteiger partial charge is 0.283 e. The SMILES string of the molecule is CC(C)c1ccc(NC(=O)c2cccc(NC3=C(Cl)C(=O)N(c4cccc(Cl)c4Cl)C3=O)c2)cc1. The third kappa shape index (κ3) is 5.05. The lowest BCUT2D eigenvalue weighted by Gasteiger charge is -2.17. The molecule has 2 N–H and O–H groups in total. The molecule has 9 heteroatoms. The van der Waals surface area contributed by atoms with Gasteiger partial charge in [-0.05, 0) is 53.9 Å². The van der Waals surface area contributed by atoms with Gasteiger partial charge in [-0.25, -0.2) is 4.90 Å². The second-order valence-corrected chi connectivity index (χ2v) is 9.31. The summed E-state index contributed by atoms with van der Waals surface area (Å²) in [5.41, 5.74) is 2.58. The van der Waals surface area contributed by atoms with Gasteiger partial charge in [-0.2, -0.15) is 0 Å². The third-order valence-electron chi connectivity index (χ3n) is 5.43. The Kier molecular flexibility index (Phi) is 7.17. The predicted molar refractivity (Wildman–Crippen MR) is 140 cm³/mol. The van der Waals surface area contributed by atoms with Crippen molar-refractivity contribution in [1.29, 1.82) is 0 Å². The summed E-state index contributed by atoms with van der Waals surface area (Å²) in [4.78, 5) is 39.4. The van der Waals surface area contributed by atoms with E-state index in [9.17, 15) is 14.4 Å². The first kappa shape index (κ1) is 24.8. The zero-order valence-electron chi connectivity index (χ0n) is 18.7. The van der Waals surface area contributed by atoms with Crippen LogP contribution in [-0.2, 0) is 9.59 Å². The van der Waals surface area contributed by atoms with Gasteiger partial charge in [0.2, 0.25) is 0 Å². The monoisotopic (exact) mass is 527 g/mol. The van der Waals surface area contributed by atoms with E-state index in [1.807, 2.05) is 24.3 Å². The number of halogens is 3. The van der Waals surface area contributed by atoms with Gasteiger partial charge in [-0.3, -0.25) is 14.4 Å². The first-order chi connectivity index (χ1) is 16.7. The minimum absolute atomic E-state index is 0.0571. The molecule has 0 saturated carbocycles. The topological polar surface area (TPSA) is 78.5 Å². The second-order valence-electron chi connectivity index (χ2n) is 8.14. The molecule has 1 aliphatic heterocycles. The molecule has 0 aliphatic carbocycles. The van der Waals surface area contributed by atoms with Crippen molar-refractivity contribution in [3.05, 3.63) is 98.6 Å². The molecule has 3 aromatic rings. The highest BCUT2D eigenvalue weighted by molar-refractivity contribution is 6.54. The molecule has 0 unspecified atom stereocenters. The van der Waals surface area contributed by atoms with Crippen LogP contribution in [0.15, 0.2) is 77.5 Å². The molecule has 178 valence electrons. The van der Waals surface area contributed by atoms with Crippen LogP contribution in [0, 0.1) is 0 Å². The van der Waals surface area contributed by atoms with E-state index in [0.717, 1.165) is 4.90 Å². The molecule has 3 aromatic carbocycles. The maximum Gasteiger partial charge on any atom is 0.283 e. The van der Waals surface area contributed by atoms with Crippen molar-refractivity contribution in [2.24, 2.45) is 0 Å². The quantitative estimate of drug-likeness (QED) is 0.345. The van der Waals surface area contributed by atoms with E-state index in [1.165, 1.54) is 11.6 Å². The summed E-state index contributed by atoms with van der Waals surface area (Å²) in [6.07, 6.45) is 0. The van der Waals surface area contributed by atoms with Gasteiger partial charge in [0.25, 0.3) is 17.7 Å². The molecule has 0 fully saturated rings. The molecule has 1 heterocycles. The number of nitrogens with one attached hydrogen (secondary N) is 2. The number of hydrogen-bond donors (Lipinski definition) is 2. The first-order valence-electron chi connectivity index (χ1n) is 10.7. The standard InChI is InChI=1S/C26H20Cl3N3O3/c1-14(2)15-9-11-17(12-10-15)31-24(33)16-5-3-6-18(13-16)30-23-22(29)25(34)32(26(23)35)20-8-4-7-19(27)21(20)28/h3-14,30H,1-2H3,(H,31,33). The van der Waals surface area contributed by atoms with Gasteiger partial charge < -0.3 is 10.6 Å². The van der Waals surface area contributed by atoms with Crippen LogP contribution >= 0.6 is 34.8 Å². The Morgan fingerprint density at radius 3 is 2.23 bits per heavy atom. The Hall–Kier alpha value is -3.32. The zero-order chi connectivity index (χ0) is 25.3. The summed E-state index contributed by atoms with van der Waals surface area (Å²) in [5, 5.41) is 5.66. The van der Waals surface area contributed by atoms with Crippen molar-refractivity contribution in [2.45, 2.75) is 19.8 Å². The number of carbonyl (C=O) groups is 3. The maximum atomic E-state index is 13.0. The number of carbonyl (C=O) groups excluding carboxylic acids is 3. The van der Waals surface area contributed by atoms with E-state index in [0.29, 0.717) is 22.9 Å². The van der Waals surface area contributed by atoms with E-state index in [2.05, 4.69) is 24.5 Å². The molecule has 0 atom stereocenters. The summed E-state index contributed by atoms with van der Waals surface area (Å²) < 4.78 is 0. The molecule has 4 rings (SSSR count). The molecular formula is C26H20Cl3N3O3. The van der Waals surface area contributed by atoms with Crippen LogP contribution in [0.2, 0.25) is 10.0 Å². The number of hydrogen-bond acceptors (Lipinski definition) is 4. The molecule has 35 heavy (non-hydrogen) atoms. The van der Waals surface area contributed by atoms with Crippen molar-refractivity contribution in [3.63, 3.8) is 0 Å². The zero-order valence-corrected chi connectivity index (χ0v) is 21.0. The minimum atomic E-state index is -0.734. The largest absolute Gasteiger partial charge is 0.350 e. The Bertz CT molecular complexity index is 1370. The van der Waals surface area contributed by atoms with Crippen LogP contribution in [0.5, 0.6) is 0 Å². The lowest BCUT2D eigenvalue weighted by molar-refractivity contribution is -0.120. The number of benzene rings is 3. The molecule has 3 amide bonds. The van der Waals surface area contributed by atoms with Crippen LogP contribution in [0.3, 0.4) is 0 Å². The predicted octanol–water partition coefficient (Wildman–Crippen LogP) is 6.80. The van der Waals surface area contributed by atoms with E-state index in [1.54, 1.807) is 36.4 Å². The highest BCUT2D eigenvalue weighted by Crippen LogP contribution is 2.37. The van der Waals surface area contributed by atoms with Crippen LogP contribution in [0.25, 0.3) is 0 Å². The highest BCUT2D eigenvalue weighted by Gasteiger charge is 2.40. The van der Waals surface area contributed by atoms with Gasteiger partial charge in [0, 0.05) is 16.9 Å². The summed E-state index contributed by atoms with van der Waals surface area (Å²) in [7, 11) is 0. The number of anilines is 3. The van der Waals surface area contributed by atoms with Crippen LogP contribution in [0.1, 0.15) is 35.7 Å². The summed E-state index contributed by atoms with van der Waals surface area (Å²) in [5.74, 6) is -1.36. The average Bonchev–Trinajstić information content (AvgIpc) is 3.04. The summed E-state index contributed by atoms with van der Waals surface area (Å²) in [6.45, 7) is 4.19. The lowest BCUT2D eigenvalue weighted by atomic mass is 10.0. The Balaban J connectivity index is 1.53. The number of amides is 3. The molecule has 0 bridgehead atoms. The number of imide groups is 1. The minimum Gasteiger partial charge on any atom is -0.350 e. The molecular weight excluding hydrogens is 509 g/mol. The van der Waals surface area contributed by atoms with Crippen LogP contribution in [-0.4, -0.2) is 17.7 Å². The fraction of sp³-hybridized carbons (Fsp3) is 0.115. The lowest BCUT2D eigenvalue weighted by Crippen LogP contribution is -2.32. The van der Waals surface area contributed by atoms with E-state index in [4.69, 9.17) is 34.8 Å². The average molecular weight is 529 g/mol. The second kappa shape index (κ2) is 10.1. The molecule has 0 spiro atoms. The fourth-order valence-electron chi connectivity index (χ4n) is 3.53. The third-order valence-corrected chi connectivity index (χ3v) is 6.59. The van der Waals surface area contributed by atoms with Crippen molar-refractivity contribution < 1.29 is 14.4 Å². The van der Waals surface area contributed by atoms with Crippen LogP contribution < -0.4 is 15.5 Å². The molecule has 0 aromatic heterocycles. The van der Waals surface area contributed by atoms with Gasteiger partial charge in [-0.1, -0.05) is 72.9 Å². The molecule has 0 radical (unpaired) electrons. The van der Waals surface area contributed by atoms with E-state index < -0.39 is 11.8 Å². The number of rotatable bonds is 6. The van der Waals surface area contributed by atoms with Crippen molar-refractivity contribution in [3.8, 4) is 0 Å². The van der Waals surface area contributed by atoms with Gasteiger partial charge >= 0.3 is 0 Å². The van der Waals surface area contributed by atoms with Crippen molar-refractivity contribution in [2.75, 3.05) is 15.5 Å². The van der Waals surface area contributed by atoms with Gasteiger partial charge in [0.05, 0.1) is 15.7 Å². The van der Waals surface area contributed by atoms with Crippen molar-refractivity contribution >= 4 is 69.6 Å². The van der Waals surface area contributed by atoms with Gasteiger partial charge in [0.1, 0.15) is 10.7 Å². The normalized spacial score (nSPS) is 13.6.